The second kappa shape index (κ2) is 4.04. The molecule has 76 valence electrons. The minimum absolute atomic E-state index is 0.121. The summed E-state index contributed by atoms with van der Waals surface area (Å²) in [5.74, 6) is 0.419. The summed E-state index contributed by atoms with van der Waals surface area (Å²) < 4.78 is 0. The van der Waals surface area contributed by atoms with Gasteiger partial charge in [-0.15, -0.1) is 0 Å². The average molecular weight is 194 g/mol. The van der Waals surface area contributed by atoms with Crippen molar-refractivity contribution in [3.63, 3.8) is 0 Å². The monoisotopic (exact) mass is 194 g/mol. The van der Waals surface area contributed by atoms with Crippen LogP contribution in [0.3, 0.4) is 0 Å². The lowest BCUT2D eigenvalue weighted by Gasteiger charge is -2.00. The number of nitrogens with zero attached hydrogens (tertiary/aromatic N) is 2. The van der Waals surface area contributed by atoms with E-state index in [1.165, 1.54) is 0 Å². The molecule has 0 radical (unpaired) electrons. The third-order valence-corrected chi connectivity index (χ3v) is 1.59. The number of nitrogen functional groups attached to an aromatic ring is 1. The number of aliphatic imine (C=N–C) groups is 1. The fourth-order valence-electron chi connectivity index (χ4n) is 0.977. The standard InChI is InChI=1S/C9H14N4O/c1-5(2)4-11-7-6(3)12-9(10)13-8(7)14/h4-5H,1-3H3,(H3,10,12,13,14)/b11-4-. The second-order valence-corrected chi connectivity index (χ2v) is 3.41. The molecule has 5 nitrogen and oxygen atoms in total. The Kier molecular flexibility index (Phi) is 3.01. The molecule has 14 heavy (non-hydrogen) atoms. The quantitative estimate of drug-likeness (QED) is 0.689. The van der Waals surface area contributed by atoms with E-state index >= 15 is 0 Å². The molecule has 0 spiro atoms. The molecule has 0 saturated carbocycles. The van der Waals surface area contributed by atoms with Gasteiger partial charge in [0.15, 0.2) is 0 Å². The first-order valence-electron chi connectivity index (χ1n) is 4.41. The topological polar surface area (TPSA) is 84.1 Å². The number of nitrogens with two attached hydrogens (primary N) is 1. The molecular weight excluding hydrogens is 180 g/mol. The largest absolute Gasteiger partial charge is 0.369 e. The SMILES string of the molecule is Cc1nc(N)[nH]c(=O)c1/N=C\C(C)C. The highest BCUT2D eigenvalue weighted by Gasteiger charge is 2.04. The zero-order valence-electron chi connectivity index (χ0n) is 8.53. The summed E-state index contributed by atoms with van der Waals surface area (Å²) in [6.45, 7) is 5.67. The van der Waals surface area contributed by atoms with Crippen molar-refractivity contribution >= 4 is 17.9 Å². The molecule has 0 saturated heterocycles. The molecular formula is C9H14N4O. The summed E-state index contributed by atoms with van der Waals surface area (Å²) in [6, 6.07) is 0. The van der Waals surface area contributed by atoms with Gasteiger partial charge in [0.25, 0.3) is 5.56 Å². The van der Waals surface area contributed by atoms with Gasteiger partial charge < -0.3 is 5.73 Å². The molecule has 0 amide bonds. The van der Waals surface area contributed by atoms with E-state index in [4.69, 9.17) is 5.73 Å². The Hall–Kier alpha value is -1.65. The van der Waals surface area contributed by atoms with Crippen LogP contribution in [-0.2, 0) is 0 Å². The third-order valence-electron chi connectivity index (χ3n) is 1.59. The lowest BCUT2D eigenvalue weighted by molar-refractivity contribution is 0.906. The minimum atomic E-state index is -0.299. The van der Waals surface area contributed by atoms with E-state index in [2.05, 4.69) is 15.0 Å². The van der Waals surface area contributed by atoms with Gasteiger partial charge in [-0.3, -0.25) is 14.8 Å². The number of nitrogens with one attached hydrogen (secondary N) is 1. The third kappa shape index (κ3) is 2.42. The van der Waals surface area contributed by atoms with Gasteiger partial charge in [0.1, 0.15) is 5.69 Å². The van der Waals surface area contributed by atoms with E-state index in [-0.39, 0.29) is 11.5 Å². The van der Waals surface area contributed by atoms with Crippen molar-refractivity contribution in [2.24, 2.45) is 10.9 Å². The number of rotatable bonds is 2. The summed E-state index contributed by atoms with van der Waals surface area (Å²) in [4.78, 5) is 21.8. The average Bonchev–Trinajstić information content (AvgIpc) is 2.01. The summed E-state index contributed by atoms with van der Waals surface area (Å²) in [5, 5.41) is 0. The van der Waals surface area contributed by atoms with Gasteiger partial charge in [-0.1, -0.05) is 13.8 Å². The van der Waals surface area contributed by atoms with Crippen LogP contribution >= 0.6 is 0 Å². The van der Waals surface area contributed by atoms with Gasteiger partial charge in [-0.2, -0.15) is 0 Å². The van der Waals surface area contributed by atoms with Gasteiger partial charge in [0.05, 0.1) is 5.69 Å². The van der Waals surface area contributed by atoms with Crippen LogP contribution in [0.2, 0.25) is 0 Å². The molecule has 0 aliphatic rings. The number of anilines is 1. The Morgan fingerprint density at radius 1 is 1.57 bits per heavy atom. The lowest BCUT2D eigenvalue weighted by Crippen LogP contribution is -2.12. The Morgan fingerprint density at radius 3 is 2.71 bits per heavy atom. The van der Waals surface area contributed by atoms with Crippen LogP contribution in [0.5, 0.6) is 0 Å². The van der Waals surface area contributed by atoms with E-state index in [1.807, 2.05) is 13.8 Å². The van der Waals surface area contributed by atoms with Crippen molar-refractivity contribution in [3.05, 3.63) is 16.0 Å². The van der Waals surface area contributed by atoms with Crippen LogP contribution in [0.25, 0.3) is 0 Å². The number of aromatic amines is 1. The maximum Gasteiger partial charge on any atom is 0.278 e. The highest BCUT2D eigenvalue weighted by Crippen LogP contribution is 2.09. The maximum absolute atomic E-state index is 11.4. The predicted molar refractivity (Wildman–Crippen MR) is 57.0 cm³/mol. The highest BCUT2D eigenvalue weighted by molar-refractivity contribution is 5.65. The fourth-order valence-corrected chi connectivity index (χ4v) is 0.977. The number of H-pyrrole nitrogens is 1. The molecule has 0 fully saturated rings. The summed E-state index contributed by atoms with van der Waals surface area (Å²) >= 11 is 0. The van der Waals surface area contributed by atoms with Gasteiger partial charge in [0.2, 0.25) is 5.95 Å². The molecule has 1 heterocycles. The number of hydrogen-bond donors (Lipinski definition) is 2. The van der Waals surface area contributed by atoms with Crippen molar-refractivity contribution in [2.45, 2.75) is 20.8 Å². The highest BCUT2D eigenvalue weighted by atomic mass is 16.1. The maximum atomic E-state index is 11.4. The predicted octanol–water partition coefficient (Wildman–Crippen LogP) is 1.02. The van der Waals surface area contributed by atoms with E-state index in [9.17, 15) is 4.79 Å². The molecule has 0 atom stereocenters. The van der Waals surface area contributed by atoms with Gasteiger partial charge >= 0.3 is 0 Å². The molecule has 3 N–H and O–H groups in total. The molecule has 1 aromatic heterocycles. The smallest absolute Gasteiger partial charge is 0.278 e. The zero-order valence-corrected chi connectivity index (χ0v) is 8.53. The molecule has 5 heteroatoms. The summed E-state index contributed by atoms with van der Waals surface area (Å²) in [6.07, 6.45) is 1.70. The fraction of sp³-hybridized carbons (Fsp3) is 0.444. The second-order valence-electron chi connectivity index (χ2n) is 3.41. The van der Waals surface area contributed by atoms with Crippen LogP contribution in [0.1, 0.15) is 19.5 Å². The van der Waals surface area contributed by atoms with Crippen LogP contribution in [0.4, 0.5) is 11.6 Å². The Labute approximate surface area is 82.1 Å². The van der Waals surface area contributed by atoms with Crippen molar-refractivity contribution in [1.29, 1.82) is 0 Å². The van der Waals surface area contributed by atoms with E-state index in [1.54, 1.807) is 13.1 Å². The van der Waals surface area contributed by atoms with Crippen molar-refractivity contribution in [1.82, 2.24) is 9.97 Å². The zero-order chi connectivity index (χ0) is 10.7. The summed E-state index contributed by atoms with van der Waals surface area (Å²) in [5.41, 5.74) is 5.94. The number of hydrogen-bond acceptors (Lipinski definition) is 4. The van der Waals surface area contributed by atoms with Crippen LogP contribution in [0.15, 0.2) is 9.79 Å². The Balaban J connectivity index is 3.16. The van der Waals surface area contributed by atoms with Crippen LogP contribution in [-0.4, -0.2) is 16.2 Å². The van der Waals surface area contributed by atoms with Crippen molar-refractivity contribution in [3.8, 4) is 0 Å². The minimum Gasteiger partial charge on any atom is -0.369 e. The van der Waals surface area contributed by atoms with E-state index in [0.717, 1.165) is 0 Å². The Bertz CT molecular complexity index is 406. The number of aromatic nitrogens is 2. The molecule has 0 aliphatic carbocycles. The van der Waals surface area contributed by atoms with Gasteiger partial charge in [0, 0.05) is 6.21 Å². The normalized spacial score (nSPS) is 11.4. The first-order valence-corrected chi connectivity index (χ1v) is 4.41. The molecule has 0 bridgehead atoms. The molecule has 0 aliphatic heterocycles. The number of aryl methyl sites for hydroxylation is 1. The summed E-state index contributed by atoms with van der Waals surface area (Å²) in [7, 11) is 0. The lowest BCUT2D eigenvalue weighted by atomic mass is 10.2. The van der Waals surface area contributed by atoms with Crippen LogP contribution < -0.4 is 11.3 Å². The van der Waals surface area contributed by atoms with Crippen molar-refractivity contribution < 1.29 is 0 Å². The molecule has 1 rings (SSSR count). The van der Waals surface area contributed by atoms with E-state index in [0.29, 0.717) is 17.3 Å². The molecule has 0 aromatic carbocycles. The van der Waals surface area contributed by atoms with Gasteiger partial charge in [-0.05, 0) is 12.8 Å². The first-order chi connectivity index (χ1) is 6.50. The first kappa shape index (κ1) is 10.4. The van der Waals surface area contributed by atoms with Crippen molar-refractivity contribution in [2.75, 3.05) is 5.73 Å². The Morgan fingerprint density at radius 2 is 2.21 bits per heavy atom. The van der Waals surface area contributed by atoms with Gasteiger partial charge in [-0.25, -0.2) is 4.98 Å². The van der Waals surface area contributed by atoms with E-state index < -0.39 is 0 Å². The molecule has 1 aromatic rings. The molecule has 0 unspecified atom stereocenters. The van der Waals surface area contributed by atoms with Crippen LogP contribution in [0, 0.1) is 12.8 Å².